The number of phosphoric ester groups is 2. The standard InChI is InChI=1S/C42H78O14P2/c1-3-5-7-8-9-10-11-12-13-14-15-16-21-24-28-32-42(45)55-38(36-54-58(49,50)53-34-37(43)33-52-57(46,47)48)35-51-41(44)31-27-23-20-18-17-19-22-26-30-40-39(56-40)29-25-6-4-2/h10-11,22,26,37-40,43H,3-9,12-21,23-25,27-36H2,1-2H3,(H,49,50)(H2,46,47,48)/b11-10-,26-22-/t37-,38+,39?,40?/m0/s1. The summed E-state index contributed by atoms with van der Waals surface area (Å²) in [5.74, 6) is -1.05. The lowest BCUT2D eigenvalue weighted by molar-refractivity contribution is -0.161. The Balaban J connectivity index is 2.35. The number of carbonyl (C=O) groups excluding carboxylic acids is 2. The summed E-state index contributed by atoms with van der Waals surface area (Å²) in [5, 5.41) is 9.75. The van der Waals surface area contributed by atoms with E-state index in [1.165, 1.54) is 70.6 Å². The fraction of sp³-hybridized carbons (Fsp3) is 0.857. The van der Waals surface area contributed by atoms with E-state index in [0.29, 0.717) is 25.0 Å². The van der Waals surface area contributed by atoms with Crippen LogP contribution in [0.15, 0.2) is 24.3 Å². The average Bonchev–Trinajstić information content (AvgIpc) is 3.94. The molecule has 3 unspecified atom stereocenters. The molecule has 0 spiro atoms. The van der Waals surface area contributed by atoms with Gasteiger partial charge in [-0.15, -0.1) is 0 Å². The molecule has 5 atom stereocenters. The molecule has 4 N–H and O–H groups in total. The number of unbranched alkanes of at least 4 members (excludes halogenated alkanes) is 18. The minimum absolute atomic E-state index is 0.122. The lowest BCUT2D eigenvalue weighted by Crippen LogP contribution is -2.30. The predicted octanol–water partition coefficient (Wildman–Crippen LogP) is 10.1. The van der Waals surface area contributed by atoms with Gasteiger partial charge in [0.25, 0.3) is 0 Å². The molecule has 0 aliphatic carbocycles. The molecule has 0 saturated carbocycles. The van der Waals surface area contributed by atoms with Gasteiger partial charge in [-0.2, -0.15) is 0 Å². The number of hydrogen-bond acceptors (Lipinski definition) is 11. The number of carbonyl (C=O) groups is 2. The van der Waals surface area contributed by atoms with Crippen molar-refractivity contribution in [1.29, 1.82) is 0 Å². The van der Waals surface area contributed by atoms with Crippen LogP contribution in [-0.2, 0) is 46.5 Å². The zero-order chi connectivity index (χ0) is 42.7. The van der Waals surface area contributed by atoms with Crippen LogP contribution in [0, 0.1) is 0 Å². The van der Waals surface area contributed by atoms with E-state index in [9.17, 15) is 28.7 Å². The summed E-state index contributed by atoms with van der Waals surface area (Å²) in [4.78, 5) is 52.7. The fourth-order valence-electron chi connectivity index (χ4n) is 6.23. The van der Waals surface area contributed by atoms with Crippen LogP contribution in [0.2, 0.25) is 0 Å². The van der Waals surface area contributed by atoms with Gasteiger partial charge >= 0.3 is 27.6 Å². The summed E-state index contributed by atoms with van der Waals surface area (Å²) in [6, 6.07) is 0. The lowest BCUT2D eigenvalue weighted by atomic mass is 10.1. The maximum Gasteiger partial charge on any atom is 0.472 e. The molecule has 0 radical (unpaired) electrons. The van der Waals surface area contributed by atoms with E-state index in [2.05, 4.69) is 47.2 Å². The number of esters is 2. The van der Waals surface area contributed by atoms with Gasteiger partial charge in [0, 0.05) is 12.8 Å². The van der Waals surface area contributed by atoms with Crippen LogP contribution < -0.4 is 0 Å². The van der Waals surface area contributed by atoms with E-state index in [4.69, 9.17) is 28.5 Å². The summed E-state index contributed by atoms with van der Waals surface area (Å²) < 4.78 is 53.5. The van der Waals surface area contributed by atoms with Crippen LogP contribution in [0.3, 0.4) is 0 Å². The van der Waals surface area contributed by atoms with Crippen molar-refractivity contribution >= 4 is 27.6 Å². The van der Waals surface area contributed by atoms with Gasteiger partial charge < -0.3 is 34.0 Å². The first-order valence-corrected chi connectivity index (χ1v) is 25.2. The van der Waals surface area contributed by atoms with E-state index in [0.717, 1.165) is 70.6 Å². The smallest absolute Gasteiger partial charge is 0.462 e. The molecule has 0 aromatic heterocycles. The number of epoxide rings is 1. The maximum absolute atomic E-state index is 12.7. The molecule has 0 aromatic carbocycles. The van der Waals surface area contributed by atoms with Gasteiger partial charge in [-0.1, -0.05) is 128 Å². The molecule has 58 heavy (non-hydrogen) atoms. The molecule has 1 aliphatic rings. The minimum atomic E-state index is -4.86. The van der Waals surface area contributed by atoms with Crippen molar-refractivity contribution in [3.63, 3.8) is 0 Å². The quantitative estimate of drug-likeness (QED) is 0.0148. The van der Waals surface area contributed by atoms with Crippen molar-refractivity contribution in [1.82, 2.24) is 0 Å². The van der Waals surface area contributed by atoms with E-state index < -0.39 is 66.2 Å². The monoisotopic (exact) mass is 868 g/mol. The molecular formula is C42H78O14P2. The van der Waals surface area contributed by atoms with Crippen LogP contribution in [0.25, 0.3) is 0 Å². The van der Waals surface area contributed by atoms with Gasteiger partial charge in [-0.05, 0) is 64.2 Å². The zero-order valence-electron chi connectivity index (χ0n) is 35.6. The number of phosphoric acid groups is 2. The van der Waals surface area contributed by atoms with Crippen molar-refractivity contribution in [2.75, 3.05) is 26.4 Å². The summed E-state index contributed by atoms with van der Waals surface area (Å²) in [6.07, 6.45) is 33.3. The number of allylic oxidation sites excluding steroid dienone is 3. The second-order valence-corrected chi connectivity index (χ2v) is 18.0. The summed E-state index contributed by atoms with van der Waals surface area (Å²) in [6.45, 7) is 1.70. The van der Waals surface area contributed by atoms with Gasteiger partial charge in [0.2, 0.25) is 0 Å². The summed E-state index contributed by atoms with van der Waals surface area (Å²) >= 11 is 0. The molecule has 14 nitrogen and oxygen atoms in total. The molecule has 0 aromatic rings. The molecule has 16 heteroatoms. The van der Waals surface area contributed by atoms with E-state index in [1.807, 2.05) is 0 Å². The number of aliphatic hydroxyl groups is 1. The van der Waals surface area contributed by atoms with E-state index in [1.54, 1.807) is 0 Å². The van der Waals surface area contributed by atoms with E-state index in [-0.39, 0.29) is 12.8 Å². The molecule has 0 bridgehead atoms. The average molecular weight is 869 g/mol. The fourth-order valence-corrected chi connectivity index (χ4v) is 7.39. The van der Waals surface area contributed by atoms with Gasteiger partial charge in [0.05, 0.1) is 32.0 Å². The molecular weight excluding hydrogens is 790 g/mol. The Morgan fingerprint density at radius 1 is 0.586 bits per heavy atom. The second kappa shape index (κ2) is 35.2. The van der Waals surface area contributed by atoms with Gasteiger partial charge in [-0.3, -0.25) is 23.2 Å². The van der Waals surface area contributed by atoms with E-state index >= 15 is 0 Å². The van der Waals surface area contributed by atoms with Gasteiger partial charge in [0.15, 0.2) is 6.10 Å². The topological polar surface area (TPSA) is 208 Å². The third-order valence-electron chi connectivity index (χ3n) is 9.73. The Bertz CT molecular complexity index is 1190. The minimum Gasteiger partial charge on any atom is -0.462 e. The second-order valence-electron chi connectivity index (χ2n) is 15.4. The van der Waals surface area contributed by atoms with Crippen LogP contribution in [0.1, 0.15) is 181 Å². The van der Waals surface area contributed by atoms with Crippen molar-refractivity contribution in [2.24, 2.45) is 0 Å². The lowest BCUT2D eigenvalue weighted by Gasteiger charge is -2.20. The first-order valence-electron chi connectivity index (χ1n) is 22.2. The highest BCUT2D eigenvalue weighted by Crippen LogP contribution is 2.44. The van der Waals surface area contributed by atoms with Gasteiger partial charge in [-0.25, -0.2) is 9.13 Å². The van der Waals surface area contributed by atoms with Crippen molar-refractivity contribution in [2.45, 2.75) is 205 Å². The number of ether oxygens (including phenoxy) is 3. The van der Waals surface area contributed by atoms with Crippen molar-refractivity contribution in [3.05, 3.63) is 24.3 Å². The highest BCUT2D eigenvalue weighted by molar-refractivity contribution is 7.47. The Labute approximate surface area is 349 Å². The SMILES string of the molecule is CCCCCC/C=C\CCCCCCCCCC(=O)O[C@H](COC(=O)CCCCCCC/C=C\CC1OC1CCCCC)COP(=O)(O)OC[C@@H](O)COP(=O)(O)O. The molecule has 1 aliphatic heterocycles. The van der Waals surface area contributed by atoms with Crippen LogP contribution in [0.4, 0.5) is 0 Å². The molecule has 340 valence electrons. The Morgan fingerprint density at radius 3 is 1.66 bits per heavy atom. The maximum atomic E-state index is 12.7. The zero-order valence-corrected chi connectivity index (χ0v) is 37.4. The molecule has 1 rings (SSSR count). The molecule has 1 saturated heterocycles. The Hall–Kier alpha value is -1.44. The highest BCUT2D eigenvalue weighted by Gasteiger charge is 2.36. The third kappa shape index (κ3) is 35.3. The number of rotatable bonds is 41. The normalized spacial score (nSPS) is 17.8. The molecule has 1 heterocycles. The Morgan fingerprint density at radius 2 is 1.07 bits per heavy atom. The van der Waals surface area contributed by atoms with Gasteiger partial charge in [0.1, 0.15) is 12.7 Å². The van der Waals surface area contributed by atoms with Crippen molar-refractivity contribution < 1.29 is 66.3 Å². The molecule has 1 fully saturated rings. The van der Waals surface area contributed by atoms with Crippen LogP contribution in [0.5, 0.6) is 0 Å². The Kier molecular flexibility index (Phi) is 33.1. The van der Waals surface area contributed by atoms with Crippen LogP contribution >= 0.6 is 15.6 Å². The number of aliphatic hydroxyl groups excluding tert-OH is 1. The first-order chi connectivity index (χ1) is 27.8. The number of hydrogen-bond donors (Lipinski definition) is 4. The highest BCUT2D eigenvalue weighted by atomic mass is 31.2. The summed E-state index contributed by atoms with van der Waals surface area (Å²) in [5.41, 5.74) is 0. The molecule has 0 amide bonds. The first kappa shape index (κ1) is 54.6. The largest absolute Gasteiger partial charge is 0.472 e. The summed E-state index contributed by atoms with van der Waals surface area (Å²) in [7, 11) is -9.68. The van der Waals surface area contributed by atoms with Crippen LogP contribution in [-0.4, -0.2) is 82.6 Å². The third-order valence-corrected chi connectivity index (χ3v) is 11.2. The van der Waals surface area contributed by atoms with Crippen molar-refractivity contribution in [3.8, 4) is 0 Å². The predicted molar refractivity (Wildman–Crippen MR) is 225 cm³/mol.